The molecule has 0 aromatic carbocycles. The van der Waals surface area contributed by atoms with E-state index in [1.165, 1.54) is 0 Å². The Bertz CT molecular complexity index is 709. The Hall–Kier alpha value is -1.97. The average molecular weight is 360 g/mol. The lowest BCUT2D eigenvalue weighted by Crippen LogP contribution is -2.50. The van der Waals surface area contributed by atoms with Gasteiger partial charge in [-0.25, -0.2) is 0 Å². The third kappa shape index (κ3) is 3.28. The summed E-state index contributed by atoms with van der Waals surface area (Å²) < 4.78 is 43.2. The Morgan fingerprint density at radius 3 is 2.75 bits per heavy atom. The molecule has 1 aliphatic heterocycles. The van der Waals surface area contributed by atoms with Crippen molar-refractivity contribution in [3.8, 4) is 0 Å². The lowest BCUT2D eigenvalue weighted by Gasteiger charge is -2.28. The second kappa shape index (κ2) is 6.15. The van der Waals surface area contributed by atoms with E-state index in [9.17, 15) is 22.8 Å². The minimum Gasteiger partial charge on any atom is -0.340 e. The number of amides is 2. The molecule has 1 fully saturated rings. The third-order valence-corrected chi connectivity index (χ3v) is 4.29. The Morgan fingerprint density at radius 2 is 2.17 bits per heavy atom. The maximum Gasteiger partial charge on any atom is 0.408 e. The summed E-state index contributed by atoms with van der Waals surface area (Å²) in [7, 11) is 0. The number of hydrogen-bond acceptors (Lipinski definition) is 4. The fourth-order valence-electron chi connectivity index (χ4n) is 2.58. The average Bonchev–Trinajstić information content (AvgIpc) is 3.23. The van der Waals surface area contributed by atoms with Crippen LogP contribution in [-0.4, -0.2) is 40.1 Å². The molecular formula is C14H15F3N4O2S. The van der Waals surface area contributed by atoms with E-state index in [-0.39, 0.29) is 22.9 Å². The predicted molar refractivity (Wildman–Crippen MR) is 81.7 cm³/mol. The van der Waals surface area contributed by atoms with E-state index in [1.807, 2.05) is 5.32 Å². The lowest BCUT2D eigenvalue weighted by atomic mass is 9.92. The van der Waals surface area contributed by atoms with Crippen LogP contribution in [0.25, 0.3) is 5.57 Å². The van der Waals surface area contributed by atoms with E-state index < -0.39 is 30.5 Å². The van der Waals surface area contributed by atoms with Crippen LogP contribution in [-0.2, 0) is 9.59 Å². The fraction of sp³-hybridized carbons (Fsp3) is 0.500. The molecule has 10 heteroatoms. The van der Waals surface area contributed by atoms with Gasteiger partial charge in [-0.15, -0.1) is 0 Å². The SMILES string of the molecule is CSNC(=O)C1=C(c2ccn(C3CC3)n2)CC(C(F)(F)F)NC1=O. The smallest absolute Gasteiger partial charge is 0.340 e. The molecule has 2 heterocycles. The predicted octanol–water partition coefficient (Wildman–Crippen LogP) is 1.82. The van der Waals surface area contributed by atoms with Crippen molar-refractivity contribution < 1.29 is 22.8 Å². The minimum atomic E-state index is -4.60. The first-order chi connectivity index (χ1) is 11.3. The quantitative estimate of drug-likeness (QED) is 0.634. The lowest BCUT2D eigenvalue weighted by molar-refractivity contribution is -0.160. The normalized spacial score (nSPS) is 21.7. The number of carbonyl (C=O) groups excluding carboxylic acids is 2. The van der Waals surface area contributed by atoms with Crippen LogP contribution in [0.4, 0.5) is 13.2 Å². The number of alkyl halides is 3. The Morgan fingerprint density at radius 1 is 1.46 bits per heavy atom. The van der Waals surface area contributed by atoms with Crippen LogP contribution >= 0.6 is 11.9 Å². The van der Waals surface area contributed by atoms with Crippen LogP contribution in [0, 0.1) is 0 Å². The number of nitrogens with zero attached hydrogens (tertiary/aromatic N) is 2. The van der Waals surface area contributed by atoms with Crippen LogP contribution in [0.3, 0.4) is 0 Å². The van der Waals surface area contributed by atoms with Gasteiger partial charge in [0.15, 0.2) is 0 Å². The molecule has 24 heavy (non-hydrogen) atoms. The molecule has 3 rings (SSSR count). The standard InChI is InChI=1S/C14H15F3N4O2S/c1-24-20-13(23)11-8(6-10(14(15,16)17)18-12(11)22)9-4-5-21(19-9)7-2-3-7/h4-5,7,10H,2-3,6H2,1H3,(H,18,22)(H,20,23). The molecule has 1 aromatic rings. The number of nitrogens with one attached hydrogen (secondary N) is 2. The highest BCUT2D eigenvalue weighted by molar-refractivity contribution is 7.97. The molecule has 1 unspecified atom stereocenters. The van der Waals surface area contributed by atoms with Crippen molar-refractivity contribution in [2.45, 2.75) is 37.5 Å². The topological polar surface area (TPSA) is 76.0 Å². The first-order valence-corrected chi connectivity index (χ1v) is 8.53. The summed E-state index contributed by atoms with van der Waals surface area (Å²) in [6.07, 6.45) is 0.0607. The summed E-state index contributed by atoms with van der Waals surface area (Å²) in [4.78, 5) is 24.3. The molecule has 2 aliphatic rings. The van der Waals surface area contributed by atoms with Gasteiger partial charge in [0, 0.05) is 24.4 Å². The highest BCUT2D eigenvalue weighted by atomic mass is 32.2. The van der Waals surface area contributed by atoms with Gasteiger partial charge in [0.2, 0.25) is 0 Å². The number of rotatable bonds is 4. The van der Waals surface area contributed by atoms with Gasteiger partial charge in [-0.05, 0) is 18.9 Å². The molecule has 6 nitrogen and oxygen atoms in total. The molecule has 130 valence electrons. The van der Waals surface area contributed by atoms with Crippen LogP contribution in [0.1, 0.15) is 31.0 Å². The van der Waals surface area contributed by atoms with E-state index in [0.717, 1.165) is 24.8 Å². The summed E-state index contributed by atoms with van der Waals surface area (Å²) in [5.74, 6) is -1.76. The van der Waals surface area contributed by atoms with Crippen molar-refractivity contribution in [1.82, 2.24) is 19.8 Å². The van der Waals surface area contributed by atoms with Gasteiger partial charge in [-0.2, -0.15) is 18.3 Å². The number of carbonyl (C=O) groups is 2. The summed E-state index contributed by atoms with van der Waals surface area (Å²) in [6.45, 7) is 0. The zero-order chi connectivity index (χ0) is 17.5. The monoisotopic (exact) mass is 360 g/mol. The van der Waals surface area contributed by atoms with Crippen LogP contribution in [0.5, 0.6) is 0 Å². The molecule has 0 saturated heterocycles. The molecule has 0 spiro atoms. The van der Waals surface area contributed by atoms with E-state index >= 15 is 0 Å². The summed E-state index contributed by atoms with van der Waals surface area (Å²) in [5.41, 5.74) is -0.0600. The Balaban J connectivity index is 2.02. The molecule has 1 aliphatic carbocycles. The van der Waals surface area contributed by atoms with Gasteiger partial charge < -0.3 is 5.32 Å². The highest BCUT2D eigenvalue weighted by Gasteiger charge is 2.46. The van der Waals surface area contributed by atoms with Crippen molar-refractivity contribution >= 4 is 29.3 Å². The maximum absolute atomic E-state index is 13.1. The van der Waals surface area contributed by atoms with Gasteiger partial charge in [0.25, 0.3) is 11.8 Å². The Labute approximate surface area is 140 Å². The van der Waals surface area contributed by atoms with Crippen LogP contribution < -0.4 is 10.0 Å². The number of aromatic nitrogens is 2. The fourth-order valence-corrected chi connectivity index (χ4v) is 2.87. The van der Waals surface area contributed by atoms with Crippen molar-refractivity contribution in [3.63, 3.8) is 0 Å². The number of hydrogen-bond donors (Lipinski definition) is 2. The zero-order valence-electron chi connectivity index (χ0n) is 12.7. The van der Waals surface area contributed by atoms with Crippen LogP contribution in [0.2, 0.25) is 0 Å². The summed E-state index contributed by atoms with van der Waals surface area (Å²) in [6, 6.07) is -0.234. The van der Waals surface area contributed by atoms with Crippen LogP contribution in [0.15, 0.2) is 17.8 Å². The van der Waals surface area contributed by atoms with Crippen molar-refractivity contribution in [3.05, 3.63) is 23.5 Å². The van der Waals surface area contributed by atoms with Gasteiger partial charge in [0.1, 0.15) is 11.6 Å². The zero-order valence-corrected chi connectivity index (χ0v) is 13.5. The summed E-state index contributed by atoms with van der Waals surface area (Å²) in [5, 5.41) is 6.13. The molecule has 1 saturated carbocycles. The van der Waals surface area contributed by atoms with E-state index in [2.05, 4.69) is 9.82 Å². The van der Waals surface area contributed by atoms with Gasteiger partial charge in [-0.1, -0.05) is 11.9 Å². The first-order valence-electron chi connectivity index (χ1n) is 7.31. The largest absolute Gasteiger partial charge is 0.408 e. The maximum atomic E-state index is 13.1. The molecule has 2 N–H and O–H groups in total. The first kappa shape index (κ1) is 16.9. The summed E-state index contributed by atoms with van der Waals surface area (Å²) >= 11 is 0.968. The van der Waals surface area contributed by atoms with Crippen molar-refractivity contribution in [2.75, 3.05) is 6.26 Å². The molecular weight excluding hydrogens is 345 g/mol. The molecule has 0 radical (unpaired) electrons. The van der Waals surface area contributed by atoms with Gasteiger partial charge in [-0.3, -0.25) is 19.0 Å². The Kier molecular flexibility index (Phi) is 4.33. The molecule has 1 atom stereocenters. The van der Waals surface area contributed by atoms with Crippen molar-refractivity contribution in [1.29, 1.82) is 0 Å². The van der Waals surface area contributed by atoms with E-state index in [0.29, 0.717) is 0 Å². The molecule has 0 bridgehead atoms. The minimum absolute atomic E-state index is 0.0204. The second-order valence-electron chi connectivity index (χ2n) is 5.67. The van der Waals surface area contributed by atoms with E-state index in [4.69, 9.17) is 0 Å². The second-order valence-corrected chi connectivity index (χ2v) is 6.29. The van der Waals surface area contributed by atoms with Gasteiger partial charge >= 0.3 is 6.18 Å². The molecule has 1 aromatic heterocycles. The van der Waals surface area contributed by atoms with Gasteiger partial charge in [0.05, 0.1) is 11.7 Å². The van der Waals surface area contributed by atoms with Crippen molar-refractivity contribution in [2.24, 2.45) is 0 Å². The van der Waals surface area contributed by atoms with E-state index in [1.54, 1.807) is 23.2 Å². The number of halogens is 3. The molecule has 2 amide bonds. The highest BCUT2D eigenvalue weighted by Crippen LogP contribution is 2.37. The third-order valence-electron chi connectivity index (χ3n) is 3.90.